The van der Waals surface area contributed by atoms with Crippen molar-refractivity contribution >= 4 is 0 Å². The molecular formula is C14H21NO3. The molecule has 1 aliphatic heterocycles. The van der Waals surface area contributed by atoms with E-state index in [2.05, 4.69) is 4.90 Å². The van der Waals surface area contributed by atoms with Crippen LogP contribution in [0.1, 0.15) is 18.9 Å². The number of hydrogen-bond acceptors (Lipinski definition) is 4. The molecule has 4 heteroatoms. The molecule has 0 bridgehead atoms. The summed E-state index contributed by atoms with van der Waals surface area (Å²) in [5, 5.41) is 10.1. The molecule has 2 rings (SSSR count). The Hall–Kier alpha value is -1.26. The van der Waals surface area contributed by atoms with E-state index in [1.165, 1.54) is 0 Å². The third kappa shape index (κ3) is 3.37. The lowest BCUT2D eigenvalue weighted by Crippen LogP contribution is -2.25. The third-order valence-electron chi connectivity index (χ3n) is 3.09. The van der Waals surface area contributed by atoms with Gasteiger partial charge in [-0.1, -0.05) is 12.1 Å². The normalized spacial score (nSPS) is 17.4. The summed E-state index contributed by atoms with van der Waals surface area (Å²) in [4.78, 5) is 2.30. The molecule has 0 aliphatic carbocycles. The average Bonchev–Trinajstić information content (AvgIpc) is 2.63. The van der Waals surface area contributed by atoms with Gasteiger partial charge in [0.15, 0.2) is 11.5 Å². The van der Waals surface area contributed by atoms with Crippen molar-refractivity contribution in [1.29, 1.82) is 0 Å². The lowest BCUT2D eigenvalue weighted by atomic mass is 10.1. The van der Waals surface area contributed by atoms with E-state index in [9.17, 15) is 5.11 Å². The molecule has 0 spiro atoms. The van der Waals surface area contributed by atoms with E-state index in [-0.39, 0.29) is 5.75 Å². The maximum absolute atomic E-state index is 10.1. The minimum absolute atomic E-state index is 0.268. The van der Waals surface area contributed by atoms with Crippen LogP contribution in [0.25, 0.3) is 0 Å². The SMILES string of the molecule is CCOc1cccc(CN2CCCOCC2)c1O. The predicted molar refractivity (Wildman–Crippen MR) is 70.0 cm³/mol. The number of ether oxygens (including phenoxy) is 2. The highest BCUT2D eigenvalue weighted by Gasteiger charge is 2.13. The van der Waals surface area contributed by atoms with Crippen molar-refractivity contribution < 1.29 is 14.6 Å². The van der Waals surface area contributed by atoms with Crippen LogP contribution in [-0.4, -0.2) is 42.9 Å². The van der Waals surface area contributed by atoms with E-state index in [1.807, 2.05) is 19.1 Å². The zero-order chi connectivity index (χ0) is 12.8. The minimum atomic E-state index is 0.268. The lowest BCUT2D eigenvalue weighted by molar-refractivity contribution is 0.140. The Kier molecular flexibility index (Phi) is 4.84. The largest absolute Gasteiger partial charge is 0.504 e. The fourth-order valence-electron chi connectivity index (χ4n) is 2.16. The summed E-state index contributed by atoms with van der Waals surface area (Å²) < 4.78 is 10.8. The van der Waals surface area contributed by atoms with E-state index < -0.39 is 0 Å². The van der Waals surface area contributed by atoms with Crippen LogP contribution in [0, 0.1) is 0 Å². The van der Waals surface area contributed by atoms with Gasteiger partial charge in [-0.25, -0.2) is 0 Å². The number of phenolic OH excluding ortho intramolecular Hbond substituents is 1. The van der Waals surface area contributed by atoms with Crippen LogP contribution >= 0.6 is 0 Å². The van der Waals surface area contributed by atoms with E-state index >= 15 is 0 Å². The number of rotatable bonds is 4. The summed E-state index contributed by atoms with van der Waals surface area (Å²) >= 11 is 0. The maximum atomic E-state index is 10.1. The van der Waals surface area contributed by atoms with Crippen LogP contribution in [-0.2, 0) is 11.3 Å². The Morgan fingerprint density at radius 3 is 3.06 bits per heavy atom. The van der Waals surface area contributed by atoms with Gasteiger partial charge in [-0.2, -0.15) is 0 Å². The summed E-state index contributed by atoms with van der Waals surface area (Å²) in [5.41, 5.74) is 0.919. The molecule has 0 atom stereocenters. The van der Waals surface area contributed by atoms with E-state index in [1.54, 1.807) is 6.07 Å². The van der Waals surface area contributed by atoms with E-state index in [0.29, 0.717) is 12.4 Å². The first-order chi connectivity index (χ1) is 8.81. The van der Waals surface area contributed by atoms with Crippen molar-refractivity contribution in [3.8, 4) is 11.5 Å². The monoisotopic (exact) mass is 251 g/mol. The van der Waals surface area contributed by atoms with Crippen molar-refractivity contribution in [3.05, 3.63) is 23.8 Å². The van der Waals surface area contributed by atoms with Crippen molar-refractivity contribution in [2.75, 3.05) is 32.9 Å². The minimum Gasteiger partial charge on any atom is -0.504 e. The second kappa shape index (κ2) is 6.61. The van der Waals surface area contributed by atoms with Gasteiger partial charge < -0.3 is 14.6 Å². The predicted octanol–water partition coefficient (Wildman–Crippen LogP) is 2.01. The quantitative estimate of drug-likeness (QED) is 0.889. The van der Waals surface area contributed by atoms with Crippen molar-refractivity contribution in [1.82, 2.24) is 4.90 Å². The topological polar surface area (TPSA) is 41.9 Å². The molecule has 0 amide bonds. The van der Waals surface area contributed by atoms with Gasteiger partial charge in [0, 0.05) is 31.8 Å². The average molecular weight is 251 g/mol. The molecule has 0 aromatic heterocycles. The Balaban J connectivity index is 2.05. The lowest BCUT2D eigenvalue weighted by Gasteiger charge is -2.20. The van der Waals surface area contributed by atoms with Gasteiger partial charge >= 0.3 is 0 Å². The molecule has 18 heavy (non-hydrogen) atoms. The molecule has 0 unspecified atom stereocenters. The summed E-state index contributed by atoms with van der Waals surface area (Å²) in [6, 6.07) is 5.67. The highest BCUT2D eigenvalue weighted by molar-refractivity contribution is 5.45. The van der Waals surface area contributed by atoms with Crippen LogP contribution < -0.4 is 4.74 Å². The molecule has 100 valence electrons. The Bertz CT molecular complexity index is 373. The second-order valence-electron chi connectivity index (χ2n) is 4.44. The first kappa shape index (κ1) is 13.2. The second-order valence-corrected chi connectivity index (χ2v) is 4.44. The molecule has 1 N–H and O–H groups in total. The van der Waals surface area contributed by atoms with E-state index in [4.69, 9.17) is 9.47 Å². The first-order valence-electron chi connectivity index (χ1n) is 6.55. The number of nitrogens with zero attached hydrogens (tertiary/aromatic N) is 1. The Morgan fingerprint density at radius 1 is 1.33 bits per heavy atom. The summed E-state index contributed by atoms with van der Waals surface area (Å²) in [6.07, 6.45) is 1.05. The van der Waals surface area contributed by atoms with Gasteiger partial charge in [0.05, 0.1) is 13.2 Å². The highest BCUT2D eigenvalue weighted by Crippen LogP contribution is 2.30. The van der Waals surface area contributed by atoms with Crippen LogP contribution in [0.5, 0.6) is 11.5 Å². The van der Waals surface area contributed by atoms with Crippen LogP contribution in [0.15, 0.2) is 18.2 Å². The number of hydrogen-bond donors (Lipinski definition) is 1. The van der Waals surface area contributed by atoms with Crippen LogP contribution in [0.2, 0.25) is 0 Å². The van der Waals surface area contributed by atoms with Crippen molar-refractivity contribution in [2.24, 2.45) is 0 Å². The molecule has 1 saturated heterocycles. The number of phenols is 1. The fourth-order valence-corrected chi connectivity index (χ4v) is 2.16. The van der Waals surface area contributed by atoms with Gasteiger partial charge in [-0.3, -0.25) is 4.90 Å². The van der Waals surface area contributed by atoms with Gasteiger partial charge in [-0.05, 0) is 19.4 Å². The molecule has 1 aliphatic rings. The molecule has 1 fully saturated rings. The molecular weight excluding hydrogens is 230 g/mol. The highest BCUT2D eigenvalue weighted by atomic mass is 16.5. The molecule has 1 aromatic carbocycles. The molecule has 0 saturated carbocycles. The van der Waals surface area contributed by atoms with Gasteiger partial charge in [-0.15, -0.1) is 0 Å². The van der Waals surface area contributed by atoms with Gasteiger partial charge in [0.2, 0.25) is 0 Å². The van der Waals surface area contributed by atoms with Crippen molar-refractivity contribution in [3.63, 3.8) is 0 Å². The number of para-hydroxylation sites is 1. The van der Waals surface area contributed by atoms with Crippen molar-refractivity contribution in [2.45, 2.75) is 19.9 Å². The zero-order valence-corrected chi connectivity index (χ0v) is 10.9. The Labute approximate surface area is 108 Å². The molecule has 4 nitrogen and oxygen atoms in total. The van der Waals surface area contributed by atoms with E-state index in [0.717, 1.165) is 44.8 Å². The molecule has 1 aromatic rings. The summed E-state index contributed by atoms with van der Waals surface area (Å²) in [7, 11) is 0. The standard InChI is InChI=1S/C14H21NO3/c1-2-18-13-6-3-5-12(14(13)16)11-15-7-4-9-17-10-8-15/h3,5-6,16H,2,4,7-11H2,1H3. The fraction of sp³-hybridized carbons (Fsp3) is 0.571. The summed E-state index contributed by atoms with van der Waals surface area (Å²) in [5.74, 6) is 0.839. The Morgan fingerprint density at radius 2 is 2.22 bits per heavy atom. The summed E-state index contributed by atoms with van der Waals surface area (Å²) in [6.45, 7) is 6.76. The molecule has 0 radical (unpaired) electrons. The maximum Gasteiger partial charge on any atom is 0.162 e. The smallest absolute Gasteiger partial charge is 0.162 e. The number of benzene rings is 1. The first-order valence-corrected chi connectivity index (χ1v) is 6.55. The van der Waals surface area contributed by atoms with Crippen LogP contribution in [0.3, 0.4) is 0 Å². The molecule has 1 heterocycles. The van der Waals surface area contributed by atoms with Gasteiger partial charge in [0.1, 0.15) is 0 Å². The van der Waals surface area contributed by atoms with Gasteiger partial charge in [0.25, 0.3) is 0 Å². The zero-order valence-electron chi connectivity index (χ0n) is 10.9. The number of aromatic hydroxyl groups is 1. The third-order valence-corrected chi connectivity index (χ3v) is 3.09. The van der Waals surface area contributed by atoms with Crippen LogP contribution in [0.4, 0.5) is 0 Å².